The van der Waals surface area contributed by atoms with Gasteiger partial charge in [0.1, 0.15) is 6.07 Å². The third kappa shape index (κ3) is 2.29. The number of carbonyl (C=O) groups is 1. The van der Waals surface area contributed by atoms with Gasteiger partial charge in [-0.15, -0.1) is 0 Å². The zero-order chi connectivity index (χ0) is 18.2. The number of carboxylic acids is 1. The number of likely N-dealkylation sites (N-methyl/N-ethyl adjacent to an activating group) is 1. The molecule has 126 valence electrons. The van der Waals surface area contributed by atoms with Crippen molar-refractivity contribution in [2.45, 2.75) is 5.92 Å². The Kier molecular flexibility index (Phi) is 4.03. The molecule has 0 saturated heterocycles. The molecular weight excluding hydrogens is 318 g/mol. The summed E-state index contributed by atoms with van der Waals surface area (Å²) in [5.41, 5.74) is 5.39. The molecule has 1 aromatic rings. The number of fused-ring (bicyclic) bond motifs is 1. The number of carboxylic acid groups (broad SMARTS) is 1. The number of hydrogen-bond donors (Lipinski definition) is 2. The highest BCUT2D eigenvalue weighted by atomic mass is 16.4. The lowest BCUT2D eigenvalue weighted by molar-refractivity contribution is -0.145. The maximum Gasteiger partial charge on any atom is 0.330 e. The number of rotatable bonds is 2. The molecule has 1 aliphatic heterocycles. The van der Waals surface area contributed by atoms with Gasteiger partial charge in [0.15, 0.2) is 0 Å². The minimum Gasteiger partial charge on any atom is -0.480 e. The second-order valence-corrected chi connectivity index (χ2v) is 6.38. The molecule has 3 rings (SSSR count). The summed E-state index contributed by atoms with van der Waals surface area (Å²) in [6, 6.07) is 7.40. The Labute approximate surface area is 145 Å². The van der Waals surface area contributed by atoms with E-state index >= 15 is 0 Å². The number of allylic oxidation sites excluding steroid dienone is 1. The summed E-state index contributed by atoms with van der Waals surface area (Å²) in [5, 5.41) is 29.4. The topological polar surface area (TPSA) is 127 Å². The van der Waals surface area contributed by atoms with Crippen molar-refractivity contribution in [3.8, 4) is 12.1 Å². The van der Waals surface area contributed by atoms with E-state index < -0.39 is 17.3 Å². The molecule has 25 heavy (non-hydrogen) atoms. The first-order valence-electron chi connectivity index (χ1n) is 7.81. The zero-order valence-corrected chi connectivity index (χ0v) is 13.7. The van der Waals surface area contributed by atoms with Crippen LogP contribution in [0.15, 0.2) is 47.4 Å². The summed E-state index contributed by atoms with van der Waals surface area (Å²) < 4.78 is 0. The summed E-state index contributed by atoms with van der Waals surface area (Å²) in [4.78, 5) is 18.3. The highest BCUT2D eigenvalue weighted by molar-refractivity contribution is 5.86. The molecule has 1 aromatic heterocycles. The predicted molar refractivity (Wildman–Crippen MR) is 88.6 cm³/mol. The van der Waals surface area contributed by atoms with Gasteiger partial charge in [-0.3, -0.25) is 9.78 Å². The average molecular weight is 335 g/mol. The van der Waals surface area contributed by atoms with Crippen LogP contribution in [0, 0.1) is 34.0 Å². The van der Waals surface area contributed by atoms with Crippen LogP contribution in [-0.2, 0) is 4.79 Å². The molecule has 0 fully saturated rings. The standard InChI is InChI=1S/C18H17N5O2/c1-23-6-4-12-13(7-19)16(21)18(10-20,17(24)25)15(14(12)9-23)11-3-2-5-22-8-11/h2-5,8,14-15H,6,9,21H2,1H3,(H,24,25)/t14-,15+,18-/m1/s1. The van der Waals surface area contributed by atoms with Crippen molar-refractivity contribution in [3.05, 3.63) is 53.0 Å². The molecule has 2 heterocycles. The van der Waals surface area contributed by atoms with Crippen LogP contribution >= 0.6 is 0 Å². The maximum absolute atomic E-state index is 12.2. The molecule has 0 amide bonds. The Morgan fingerprint density at radius 3 is 2.84 bits per heavy atom. The van der Waals surface area contributed by atoms with Crippen LogP contribution in [0.3, 0.4) is 0 Å². The van der Waals surface area contributed by atoms with Crippen LogP contribution in [0.2, 0.25) is 0 Å². The fourth-order valence-corrected chi connectivity index (χ4v) is 3.90. The van der Waals surface area contributed by atoms with E-state index in [1.165, 1.54) is 0 Å². The van der Waals surface area contributed by atoms with Gasteiger partial charge in [0.2, 0.25) is 5.41 Å². The SMILES string of the molecule is CN1CC=C2C(C#N)=C(N)[C@](C#N)(C(=O)O)[C@@H](c3cccnc3)[C@@H]2C1. The maximum atomic E-state index is 12.2. The average Bonchev–Trinajstić information content (AvgIpc) is 2.61. The van der Waals surface area contributed by atoms with Crippen LogP contribution in [0.1, 0.15) is 11.5 Å². The van der Waals surface area contributed by atoms with Crippen molar-refractivity contribution in [2.24, 2.45) is 17.1 Å². The van der Waals surface area contributed by atoms with Gasteiger partial charge in [0, 0.05) is 37.3 Å². The minimum absolute atomic E-state index is 0.113. The molecule has 0 saturated carbocycles. The summed E-state index contributed by atoms with van der Waals surface area (Å²) in [6.45, 7) is 1.16. The number of nitrogens with zero attached hydrogens (tertiary/aromatic N) is 4. The van der Waals surface area contributed by atoms with E-state index in [-0.39, 0.29) is 17.2 Å². The molecule has 3 N–H and O–H groups in total. The Balaban J connectivity index is 2.37. The highest BCUT2D eigenvalue weighted by Crippen LogP contribution is 2.54. The molecule has 2 aliphatic rings. The van der Waals surface area contributed by atoms with Crippen molar-refractivity contribution < 1.29 is 9.90 Å². The van der Waals surface area contributed by atoms with Gasteiger partial charge in [-0.1, -0.05) is 12.1 Å². The van der Waals surface area contributed by atoms with Gasteiger partial charge >= 0.3 is 5.97 Å². The van der Waals surface area contributed by atoms with Gasteiger partial charge in [-0.25, -0.2) is 0 Å². The first-order chi connectivity index (χ1) is 12.0. The molecule has 0 aromatic carbocycles. The Bertz CT molecular complexity index is 862. The number of nitrogens with two attached hydrogens (primary N) is 1. The molecule has 1 aliphatic carbocycles. The van der Waals surface area contributed by atoms with Crippen LogP contribution in [0.25, 0.3) is 0 Å². The number of nitriles is 2. The van der Waals surface area contributed by atoms with E-state index in [9.17, 15) is 20.4 Å². The van der Waals surface area contributed by atoms with Crippen molar-refractivity contribution in [2.75, 3.05) is 20.1 Å². The van der Waals surface area contributed by atoms with Gasteiger partial charge in [-0.2, -0.15) is 10.5 Å². The monoisotopic (exact) mass is 335 g/mol. The van der Waals surface area contributed by atoms with Crippen molar-refractivity contribution in [3.63, 3.8) is 0 Å². The minimum atomic E-state index is -2.01. The molecule has 0 bridgehead atoms. The number of aliphatic carboxylic acids is 1. The third-order valence-corrected chi connectivity index (χ3v) is 5.05. The van der Waals surface area contributed by atoms with E-state index in [0.29, 0.717) is 18.7 Å². The van der Waals surface area contributed by atoms with Gasteiger partial charge in [0.25, 0.3) is 0 Å². The second-order valence-electron chi connectivity index (χ2n) is 6.38. The van der Waals surface area contributed by atoms with Crippen LogP contribution in [0.5, 0.6) is 0 Å². The quantitative estimate of drug-likeness (QED) is 0.825. The van der Waals surface area contributed by atoms with Crippen LogP contribution < -0.4 is 5.73 Å². The molecule has 0 spiro atoms. The summed E-state index contributed by atoms with van der Waals surface area (Å²) in [6.07, 6.45) is 5.05. The fraction of sp³-hybridized carbons (Fsp3) is 0.333. The lowest BCUT2D eigenvalue weighted by atomic mass is 9.57. The third-order valence-electron chi connectivity index (χ3n) is 5.05. The van der Waals surface area contributed by atoms with E-state index in [1.54, 1.807) is 24.5 Å². The molecular formula is C18H17N5O2. The van der Waals surface area contributed by atoms with Crippen molar-refractivity contribution >= 4 is 5.97 Å². The normalized spacial score (nSPS) is 29.2. The van der Waals surface area contributed by atoms with Gasteiger partial charge in [-0.05, 0) is 24.3 Å². The number of pyridine rings is 1. The highest BCUT2D eigenvalue weighted by Gasteiger charge is 2.58. The van der Waals surface area contributed by atoms with E-state index in [2.05, 4.69) is 4.98 Å². The van der Waals surface area contributed by atoms with Crippen LogP contribution in [0.4, 0.5) is 0 Å². The molecule has 7 nitrogen and oxygen atoms in total. The van der Waals surface area contributed by atoms with E-state index in [1.807, 2.05) is 30.2 Å². The lowest BCUT2D eigenvalue weighted by Crippen LogP contribution is -2.51. The molecule has 7 heteroatoms. The Hall–Kier alpha value is -3.16. The molecule has 3 atom stereocenters. The molecule has 0 radical (unpaired) electrons. The van der Waals surface area contributed by atoms with Gasteiger partial charge in [0.05, 0.1) is 17.3 Å². The molecule has 0 unspecified atom stereocenters. The smallest absolute Gasteiger partial charge is 0.330 e. The first-order valence-corrected chi connectivity index (χ1v) is 7.81. The van der Waals surface area contributed by atoms with Crippen molar-refractivity contribution in [1.29, 1.82) is 10.5 Å². The lowest BCUT2D eigenvalue weighted by Gasteiger charge is -2.45. The largest absolute Gasteiger partial charge is 0.480 e. The summed E-state index contributed by atoms with van der Waals surface area (Å²) >= 11 is 0. The summed E-state index contributed by atoms with van der Waals surface area (Å²) in [5.74, 6) is -2.41. The van der Waals surface area contributed by atoms with Gasteiger partial charge < -0.3 is 15.7 Å². The van der Waals surface area contributed by atoms with E-state index in [0.717, 1.165) is 5.57 Å². The van der Waals surface area contributed by atoms with Crippen LogP contribution in [-0.4, -0.2) is 41.1 Å². The van der Waals surface area contributed by atoms with E-state index in [4.69, 9.17) is 5.73 Å². The number of aromatic nitrogens is 1. The van der Waals surface area contributed by atoms with Crippen molar-refractivity contribution in [1.82, 2.24) is 9.88 Å². The fourth-order valence-electron chi connectivity index (χ4n) is 3.90. The Morgan fingerprint density at radius 2 is 2.28 bits per heavy atom. The first kappa shape index (κ1) is 16.7. The second kappa shape index (κ2) is 6.04. The number of hydrogen-bond acceptors (Lipinski definition) is 6. The predicted octanol–water partition coefficient (Wildman–Crippen LogP) is 0.998. The summed E-state index contributed by atoms with van der Waals surface area (Å²) in [7, 11) is 1.91. The zero-order valence-electron chi connectivity index (χ0n) is 13.7. The Morgan fingerprint density at radius 1 is 1.52 bits per heavy atom.